The zero-order valence-corrected chi connectivity index (χ0v) is 15.0. The number of rotatable bonds is 3. The number of carbonyl (C=O) groups excluding carboxylic acids is 2. The molecule has 1 aromatic carbocycles. The zero-order chi connectivity index (χ0) is 18.4. The lowest BCUT2D eigenvalue weighted by Gasteiger charge is -2.31. The first kappa shape index (κ1) is 18.7. The van der Waals surface area contributed by atoms with Crippen molar-refractivity contribution in [3.05, 3.63) is 35.9 Å². The number of esters is 1. The summed E-state index contributed by atoms with van der Waals surface area (Å²) in [5.74, 6) is -1.46. The van der Waals surface area contributed by atoms with Gasteiger partial charge >= 0.3 is 12.1 Å². The normalized spacial score (nSPS) is 22.5. The monoisotopic (exact) mass is 363 g/mol. The highest BCUT2D eigenvalue weighted by Gasteiger charge is 2.52. The molecule has 0 N–H and O–H groups in total. The average molecular weight is 363 g/mol. The van der Waals surface area contributed by atoms with Crippen molar-refractivity contribution >= 4 is 12.1 Å². The fraction of sp³-hybridized carbons (Fsp3) is 0.579. The van der Waals surface area contributed by atoms with E-state index < -0.39 is 23.9 Å². The van der Waals surface area contributed by atoms with Crippen molar-refractivity contribution in [2.75, 3.05) is 26.9 Å². The number of benzene rings is 1. The molecule has 1 amide bonds. The smallest absolute Gasteiger partial charge is 0.411 e. The van der Waals surface area contributed by atoms with Gasteiger partial charge in [0.15, 0.2) is 5.79 Å². The van der Waals surface area contributed by atoms with Gasteiger partial charge in [-0.1, -0.05) is 30.3 Å². The van der Waals surface area contributed by atoms with Crippen LogP contribution in [0.25, 0.3) is 0 Å². The molecule has 2 fully saturated rings. The molecule has 1 atom stereocenters. The summed E-state index contributed by atoms with van der Waals surface area (Å²) < 4.78 is 22.1. The molecule has 2 saturated heterocycles. The van der Waals surface area contributed by atoms with E-state index in [9.17, 15) is 9.59 Å². The van der Waals surface area contributed by atoms with Crippen LogP contribution in [0.4, 0.5) is 4.79 Å². The maximum absolute atomic E-state index is 12.6. The molecule has 0 radical (unpaired) electrons. The molecule has 0 unspecified atom stereocenters. The summed E-state index contributed by atoms with van der Waals surface area (Å²) in [4.78, 5) is 26.2. The maximum atomic E-state index is 12.6. The fourth-order valence-corrected chi connectivity index (χ4v) is 3.33. The van der Waals surface area contributed by atoms with Gasteiger partial charge in [0.05, 0.1) is 26.9 Å². The minimum atomic E-state index is -0.967. The molecule has 3 rings (SSSR count). The summed E-state index contributed by atoms with van der Waals surface area (Å²) >= 11 is 0. The predicted octanol–water partition coefficient (Wildman–Crippen LogP) is 2.48. The Morgan fingerprint density at radius 2 is 1.85 bits per heavy atom. The van der Waals surface area contributed by atoms with E-state index in [0.29, 0.717) is 13.2 Å². The number of hydrogen-bond acceptors (Lipinski definition) is 6. The molecule has 2 heterocycles. The molecule has 7 heteroatoms. The number of nitrogens with zero attached hydrogens (tertiary/aromatic N) is 1. The standard InChI is InChI=1S/C19H25NO6/c1-23-17(21)16-12-19(25-10-6-3-7-11-26-19)14-20(16)18(22)24-13-15-8-4-2-5-9-15/h2,4-5,8-9,16H,3,6-7,10-14H2,1H3/t16-/m0/s1. The van der Waals surface area contributed by atoms with E-state index in [-0.39, 0.29) is 19.6 Å². The number of hydrogen-bond donors (Lipinski definition) is 0. The lowest BCUT2D eigenvalue weighted by molar-refractivity contribution is -0.234. The quantitative estimate of drug-likeness (QED) is 0.768. The number of likely N-dealkylation sites (tertiary alicyclic amines) is 1. The fourth-order valence-electron chi connectivity index (χ4n) is 3.33. The van der Waals surface area contributed by atoms with Gasteiger partial charge in [0, 0.05) is 6.42 Å². The van der Waals surface area contributed by atoms with Gasteiger partial charge in [-0.15, -0.1) is 0 Å². The first-order valence-electron chi connectivity index (χ1n) is 8.97. The Morgan fingerprint density at radius 3 is 2.50 bits per heavy atom. The second-order valence-corrected chi connectivity index (χ2v) is 6.58. The summed E-state index contributed by atoms with van der Waals surface area (Å²) in [5.41, 5.74) is 0.878. The van der Waals surface area contributed by atoms with Crippen molar-refractivity contribution in [1.29, 1.82) is 0 Å². The van der Waals surface area contributed by atoms with Crippen molar-refractivity contribution in [3.63, 3.8) is 0 Å². The molecule has 2 aliphatic heterocycles. The van der Waals surface area contributed by atoms with Gasteiger partial charge in [0.1, 0.15) is 12.6 Å². The average Bonchev–Trinajstić information content (AvgIpc) is 3.04. The van der Waals surface area contributed by atoms with E-state index >= 15 is 0 Å². The van der Waals surface area contributed by atoms with Crippen LogP contribution >= 0.6 is 0 Å². The Hall–Kier alpha value is -2.12. The minimum Gasteiger partial charge on any atom is -0.467 e. The molecule has 26 heavy (non-hydrogen) atoms. The first-order valence-corrected chi connectivity index (χ1v) is 8.97. The zero-order valence-electron chi connectivity index (χ0n) is 15.0. The number of methoxy groups -OCH3 is 1. The van der Waals surface area contributed by atoms with Crippen molar-refractivity contribution in [3.8, 4) is 0 Å². The Labute approximate surface area is 153 Å². The van der Waals surface area contributed by atoms with E-state index in [1.807, 2.05) is 30.3 Å². The molecule has 0 aliphatic carbocycles. The summed E-state index contributed by atoms with van der Waals surface area (Å²) in [7, 11) is 1.31. The molecule has 7 nitrogen and oxygen atoms in total. The highest BCUT2D eigenvalue weighted by molar-refractivity contribution is 5.82. The van der Waals surface area contributed by atoms with Gasteiger partial charge < -0.3 is 18.9 Å². The molecule has 0 bridgehead atoms. The summed E-state index contributed by atoms with van der Waals surface area (Å²) in [6.07, 6.45) is 2.59. The molecular formula is C19H25NO6. The Bertz CT molecular complexity index is 612. The lowest BCUT2D eigenvalue weighted by atomic mass is 10.1. The molecule has 1 spiro atoms. The van der Waals surface area contributed by atoms with Crippen LogP contribution in [0.5, 0.6) is 0 Å². The van der Waals surface area contributed by atoms with Gasteiger partial charge in [-0.2, -0.15) is 0 Å². The van der Waals surface area contributed by atoms with Crippen molar-refractivity contribution in [2.45, 2.75) is 44.1 Å². The van der Waals surface area contributed by atoms with Crippen LogP contribution in [-0.4, -0.2) is 55.7 Å². The van der Waals surface area contributed by atoms with E-state index in [2.05, 4.69) is 0 Å². The number of amides is 1. The third kappa shape index (κ3) is 4.34. The maximum Gasteiger partial charge on any atom is 0.411 e. The largest absolute Gasteiger partial charge is 0.467 e. The van der Waals surface area contributed by atoms with Crippen LogP contribution in [0.1, 0.15) is 31.2 Å². The van der Waals surface area contributed by atoms with Gasteiger partial charge in [0.2, 0.25) is 0 Å². The van der Waals surface area contributed by atoms with Crippen LogP contribution < -0.4 is 0 Å². The second kappa shape index (κ2) is 8.51. The highest BCUT2D eigenvalue weighted by Crippen LogP contribution is 2.34. The number of carbonyl (C=O) groups is 2. The van der Waals surface area contributed by atoms with Crippen LogP contribution in [0.15, 0.2) is 30.3 Å². The molecule has 2 aliphatic rings. The predicted molar refractivity (Wildman–Crippen MR) is 92.2 cm³/mol. The van der Waals surface area contributed by atoms with E-state index in [4.69, 9.17) is 18.9 Å². The molecular weight excluding hydrogens is 338 g/mol. The van der Waals surface area contributed by atoms with Crippen LogP contribution in [-0.2, 0) is 30.3 Å². The van der Waals surface area contributed by atoms with Crippen molar-refractivity contribution in [1.82, 2.24) is 4.90 Å². The van der Waals surface area contributed by atoms with Gasteiger partial charge in [-0.3, -0.25) is 4.90 Å². The second-order valence-electron chi connectivity index (χ2n) is 6.58. The summed E-state index contributed by atoms with van der Waals surface area (Å²) in [6, 6.07) is 8.62. The van der Waals surface area contributed by atoms with Crippen molar-refractivity contribution in [2.24, 2.45) is 0 Å². The number of ether oxygens (including phenoxy) is 4. The molecule has 0 saturated carbocycles. The Balaban J connectivity index is 1.69. The van der Waals surface area contributed by atoms with Gasteiger partial charge in [-0.05, 0) is 24.8 Å². The van der Waals surface area contributed by atoms with Crippen LogP contribution in [0, 0.1) is 0 Å². The lowest BCUT2D eigenvalue weighted by Crippen LogP contribution is -2.43. The summed E-state index contributed by atoms with van der Waals surface area (Å²) in [5, 5.41) is 0. The van der Waals surface area contributed by atoms with Gasteiger partial charge in [-0.25, -0.2) is 9.59 Å². The van der Waals surface area contributed by atoms with E-state index in [1.165, 1.54) is 12.0 Å². The Kier molecular flexibility index (Phi) is 6.11. The first-order chi connectivity index (χ1) is 12.6. The van der Waals surface area contributed by atoms with Crippen LogP contribution in [0.3, 0.4) is 0 Å². The van der Waals surface area contributed by atoms with E-state index in [1.54, 1.807) is 0 Å². The topological polar surface area (TPSA) is 74.3 Å². The van der Waals surface area contributed by atoms with Gasteiger partial charge in [0.25, 0.3) is 0 Å². The third-order valence-electron chi connectivity index (χ3n) is 4.72. The minimum absolute atomic E-state index is 0.138. The molecule has 1 aromatic rings. The van der Waals surface area contributed by atoms with E-state index in [0.717, 1.165) is 24.8 Å². The summed E-state index contributed by atoms with van der Waals surface area (Å²) in [6.45, 7) is 1.38. The van der Waals surface area contributed by atoms with Crippen molar-refractivity contribution < 1.29 is 28.5 Å². The third-order valence-corrected chi connectivity index (χ3v) is 4.72. The van der Waals surface area contributed by atoms with Crippen LogP contribution in [0.2, 0.25) is 0 Å². The Morgan fingerprint density at radius 1 is 1.15 bits per heavy atom. The SMILES string of the molecule is COC(=O)[C@@H]1CC2(CN1C(=O)OCc1ccccc1)OCCCCCO2. The highest BCUT2D eigenvalue weighted by atomic mass is 16.7. The molecule has 142 valence electrons. The molecule has 0 aromatic heterocycles.